The van der Waals surface area contributed by atoms with Gasteiger partial charge in [-0.3, -0.25) is 0 Å². The zero-order valence-electron chi connectivity index (χ0n) is 16.2. The van der Waals surface area contributed by atoms with Crippen molar-refractivity contribution in [1.82, 2.24) is 10.6 Å². The van der Waals surface area contributed by atoms with Crippen molar-refractivity contribution < 1.29 is 9.53 Å². The van der Waals surface area contributed by atoms with E-state index in [1.165, 1.54) is 19.3 Å². The fraction of sp³-hybridized carbons (Fsp3) is 0.947. The molecule has 4 atom stereocenters. The van der Waals surface area contributed by atoms with Crippen LogP contribution in [-0.4, -0.2) is 30.8 Å². The van der Waals surface area contributed by atoms with Crippen LogP contribution in [-0.2, 0) is 4.74 Å². The quantitative estimate of drug-likeness (QED) is 0.737. The van der Waals surface area contributed by atoms with E-state index in [1.54, 1.807) is 0 Å². The van der Waals surface area contributed by atoms with Crippen LogP contribution in [0.5, 0.6) is 0 Å². The maximum atomic E-state index is 11.8. The van der Waals surface area contributed by atoms with Crippen LogP contribution >= 0.6 is 0 Å². The molecule has 0 heterocycles. The molecule has 0 spiro atoms. The second-order valence-electron chi connectivity index (χ2n) is 8.51. The second kappa shape index (κ2) is 8.91. The Morgan fingerprint density at radius 3 is 2.35 bits per heavy atom. The Morgan fingerprint density at radius 2 is 1.87 bits per heavy atom. The van der Waals surface area contributed by atoms with Gasteiger partial charge in [-0.25, -0.2) is 4.79 Å². The number of carbonyl (C=O) groups excluding carboxylic acids is 1. The first kappa shape index (κ1) is 20.3. The second-order valence-corrected chi connectivity index (χ2v) is 8.51. The molecule has 0 bridgehead atoms. The van der Waals surface area contributed by atoms with Crippen molar-refractivity contribution in [2.24, 2.45) is 23.7 Å². The summed E-state index contributed by atoms with van der Waals surface area (Å²) in [5.41, 5.74) is -0.440. The Bertz CT molecular complexity index is 363. The monoisotopic (exact) mass is 326 g/mol. The van der Waals surface area contributed by atoms with Crippen LogP contribution in [0.4, 0.5) is 4.79 Å². The molecule has 0 aliphatic heterocycles. The molecule has 4 nitrogen and oxygen atoms in total. The van der Waals surface area contributed by atoms with E-state index in [1.807, 2.05) is 20.8 Å². The molecule has 4 unspecified atom stereocenters. The van der Waals surface area contributed by atoms with E-state index < -0.39 is 5.60 Å². The predicted molar refractivity (Wildman–Crippen MR) is 96.5 cm³/mol. The molecule has 23 heavy (non-hydrogen) atoms. The molecule has 0 aromatic rings. The predicted octanol–water partition coefficient (Wildman–Crippen LogP) is 4.20. The average molecular weight is 327 g/mol. The molecule has 0 saturated heterocycles. The van der Waals surface area contributed by atoms with Crippen LogP contribution in [0.1, 0.15) is 67.7 Å². The van der Waals surface area contributed by atoms with Crippen molar-refractivity contribution in [1.29, 1.82) is 0 Å². The summed E-state index contributed by atoms with van der Waals surface area (Å²) in [4.78, 5) is 11.8. The molecule has 0 aromatic heterocycles. The lowest BCUT2D eigenvalue weighted by atomic mass is 9.92. The van der Waals surface area contributed by atoms with Gasteiger partial charge in [0.05, 0.1) is 0 Å². The van der Waals surface area contributed by atoms with Crippen molar-refractivity contribution in [3.63, 3.8) is 0 Å². The van der Waals surface area contributed by atoms with Crippen LogP contribution in [0.15, 0.2) is 0 Å². The number of hydrogen-bond donors (Lipinski definition) is 2. The smallest absolute Gasteiger partial charge is 0.407 e. The molecule has 0 aromatic carbocycles. The van der Waals surface area contributed by atoms with Gasteiger partial charge in [0.15, 0.2) is 0 Å². The summed E-state index contributed by atoms with van der Waals surface area (Å²) < 4.78 is 5.32. The summed E-state index contributed by atoms with van der Waals surface area (Å²) in [5, 5.41) is 6.68. The summed E-state index contributed by atoms with van der Waals surface area (Å²) >= 11 is 0. The summed E-state index contributed by atoms with van der Waals surface area (Å²) in [6.45, 7) is 16.4. The highest BCUT2D eigenvalue weighted by Crippen LogP contribution is 2.33. The molecule has 1 rings (SSSR count). The normalized spacial score (nSPS) is 26.3. The molecule has 1 amide bonds. The maximum absolute atomic E-state index is 11.8. The number of alkyl carbamates (subject to hydrolysis) is 1. The molecule has 1 aliphatic carbocycles. The van der Waals surface area contributed by atoms with Gasteiger partial charge in [-0.15, -0.1) is 0 Å². The van der Waals surface area contributed by atoms with Gasteiger partial charge in [0.2, 0.25) is 0 Å². The lowest BCUT2D eigenvalue weighted by Crippen LogP contribution is -2.42. The van der Waals surface area contributed by atoms with Crippen LogP contribution in [0.3, 0.4) is 0 Å². The minimum absolute atomic E-state index is 0.316. The SMILES string of the molecule is CCC1CCC(NCC(CNC(=O)OC(C)(C)C)C(C)C)C1C. The Labute approximate surface area is 143 Å². The van der Waals surface area contributed by atoms with Crippen molar-refractivity contribution >= 4 is 6.09 Å². The van der Waals surface area contributed by atoms with E-state index in [2.05, 4.69) is 38.3 Å². The number of amides is 1. The minimum atomic E-state index is -0.440. The minimum Gasteiger partial charge on any atom is -0.444 e. The molecule has 4 heteroatoms. The van der Waals surface area contributed by atoms with Gasteiger partial charge in [0.1, 0.15) is 5.60 Å². The van der Waals surface area contributed by atoms with E-state index in [4.69, 9.17) is 4.74 Å². The molecular weight excluding hydrogens is 288 g/mol. The first-order chi connectivity index (χ1) is 10.6. The largest absolute Gasteiger partial charge is 0.444 e. The molecule has 0 radical (unpaired) electrons. The first-order valence-electron chi connectivity index (χ1n) is 9.34. The van der Waals surface area contributed by atoms with Gasteiger partial charge in [0.25, 0.3) is 0 Å². The third-order valence-electron chi connectivity index (χ3n) is 5.24. The van der Waals surface area contributed by atoms with Crippen LogP contribution in [0, 0.1) is 23.7 Å². The van der Waals surface area contributed by atoms with E-state index in [0.29, 0.717) is 24.4 Å². The van der Waals surface area contributed by atoms with Crippen molar-refractivity contribution in [2.45, 2.75) is 79.4 Å². The van der Waals surface area contributed by atoms with E-state index in [-0.39, 0.29) is 6.09 Å². The third-order valence-corrected chi connectivity index (χ3v) is 5.24. The highest BCUT2D eigenvalue weighted by atomic mass is 16.6. The van der Waals surface area contributed by atoms with Gasteiger partial charge in [0, 0.05) is 19.1 Å². The van der Waals surface area contributed by atoms with Crippen LogP contribution in [0.25, 0.3) is 0 Å². The highest BCUT2D eigenvalue weighted by molar-refractivity contribution is 5.67. The maximum Gasteiger partial charge on any atom is 0.407 e. The van der Waals surface area contributed by atoms with E-state index in [9.17, 15) is 4.79 Å². The zero-order chi connectivity index (χ0) is 17.6. The number of hydrogen-bond acceptors (Lipinski definition) is 3. The highest BCUT2D eigenvalue weighted by Gasteiger charge is 2.31. The molecule has 1 aliphatic rings. The summed E-state index contributed by atoms with van der Waals surface area (Å²) in [6, 6.07) is 0.628. The third kappa shape index (κ3) is 7.11. The first-order valence-corrected chi connectivity index (χ1v) is 9.34. The van der Waals surface area contributed by atoms with Crippen molar-refractivity contribution in [3.8, 4) is 0 Å². The average Bonchev–Trinajstić information content (AvgIpc) is 2.77. The van der Waals surface area contributed by atoms with Gasteiger partial charge in [-0.05, 0) is 57.3 Å². The Morgan fingerprint density at radius 1 is 1.22 bits per heavy atom. The molecule has 1 saturated carbocycles. The van der Waals surface area contributed by atoms with Gasteiger partial charge < -0.3 is 15.4 Å². The van der Waals surface area contributed by atoms with Crippen molar-refractivity contribution in [3.05, 3.63) is 0 Å². The van der Waals surface area contributed by atoms with Crippen LogP contribution < -0.4 is 10.6 Å². The van der Waals surface area contributed by atoms with Gasteiger partial charge in [-0.1, -0.05) is 34.1 Å². The van der Waals surface area contributed by atoms with E-state index in [0.717, 1.165) is 18.4 Å². The van der Waals surface area contributed by atoms with E-state index >= 15 is 0 Å². The molecule has 1 fully saturated rings. The number of nitrogens with one attached hydrogen (secondary N) is 2. The Balaban J connectivity index is 2.40. The molecular formula is C19H38N2O2. The van der Waals surface area contributed by atoms with Gasteiger partial charge in [-0.2, -0.15) is 0 Å². The fourth-order valence-corrected chi connectivity index (χ4v) is 3.49. The zero-order valence-corrected chi connectivity index (χ0v) is 16.2. The van der Waals surface area contributed by atoms with Crippen molar-refractivity contribution in [2.75, 3.05) is 13.1 Å². The fourth-order valence-electron chi connectivity index (χ4n) is 3.49. The summed E-state index contributed by atoms with van der Waals surface area (Å²) in [7, 11) is 0. The summed E-state index contributed by atoms with van der Waals surface area (Å²) in [6.07, 6.45) is 3.60. The van der Waals surface area contributed by atoms with Gasteiger partial charge >= 0.3 is 6.09 Å². The number of ether oxygens (including phenoxy) is 1. The summed E-state index contributed by atoms with van der Waals surface area (Å²) in [5.74, 6) is 2.57. The lowest BCUT2D eigenvalue weighted by Gasteiger charge is -2.27. The topological polar surface area (TPSA) is 50.4 Å². The number of rotatable bonds is 7. The number of carbonyl (C=O) groups is 1. The molecule has 2 N–H and O–H groups in total. The van der Waals surface area contributed by atoms with Crippen LogP contribution in [0.2, 0.25) is 0 Å². The standard InChI is InChI=1S/C19H38N2O2/c1-8-15-9-10-17(14(15)4)20-11-16(13(2)3)12-21-18(22)23-19(5,6)7/h13-17,20H,8-12H2,1-7H3,(H,21,22). The lowest BCUT2D eigenvalue weighted by molar-refractivity contribution is 0.0514. The Hall–Kier alpha value is -0.770. The molecule has 136 valence electrons. The Kier molecular flexibility index (Phi) is 7.85.